The predicted molar refractivity (Wildman–Crippen MR) is 50.8 cm³/mol. The summed E-state index contributed by atoms with van der Waals surface area (Å²) in [5.41, 5.74) is 3.14. The molecule has 0 unspecified atom stereocenters. The van der Waals surface area contributed by atoms with Crippen LogP contribution in [0.25, 0.3) is 6.08 Å². The normalized spacial score (nSPS) is 17.3. The Morgan fingerprint density at radius 2 is 2.00 bits per heavy atom. The summed E-state index contributed by atoms with van der Waals surface area (Å²) < 4.78 is 0. The number of carbonyl (C=O) groups excluding carboxylic acids is 1. The van der Waals surface area contributed by atoms with Gasteiger partial charge in [0.05, 0.1) is 5.57 Å². The van der Waals surface area contributed by atoms with E-state index in [1.54, 1.807) is 6.08 Å². The van der Waals surface area contributed by atoms with Crippen LogP contribution in [0.5, 0.6) is 0 Å². The molecule has 3 rings (SSSR count). The minimum Gasteiger partial charge on any atom is -0.265 e. The molecule has 4 heteroatoms. The maximum atomic E-state index is 11.3. The number of amides is 1. The van der Waals surface area contributed by atoms with E-state index >= 15 is 0 Å². The standard InChI is InChI=1S/C10H5N3O/c14-10-8-5-6-3-1-2-4-7(6)9(8)11-13-12-10/h1-5H. The molecule has 1 amide bonds. The smallest absolute Gasteiger partial charge is 0.265 e. The van der Waals surface area contributed by atoms with Gasteiger partial charge in [0.2, 0.25) is 0 Å². The fraction of sp³-hybridized carbons (Fsp3) is 0. The second-order valence-corrected chi connectivity index (χ2v) is 3.09. The number of benzene rings is 1. The summed E-state index contributed by atoms with van der Waals surface area (Å²) in [6, 6.07) is 7.70. The summed E-state index contributed by atoms with van der Waals surface area (Å²) in [6.45, 7) is 0. The molecule has 0 aromatic heterocycles. The van der Waals surface area contributed by atoms with Gasteiger partial charge >= 0.3 is 0 Å². The van der Waals surface area contributed by atoms with Crippen molar-refractivity contribution in [1.29, 1.82) is 0 Å². The summed E-state index contributed by atoms with van der Waals surface area (Å²) in [7, 11) is 0. The van der Waals surface area contributed by atoms with Gasteiger partial charge in [0, 0.05) is 5.56 Å². The topological polar surface area (TPSA) is 54.1 Å². The molecule has 0 spiro atoms. The Morgan fingerprint density at radius 3 is 2.93 bits per heavy atom. The Morgan fingerprint density at radius 1 is 1.14 bits per heavy atom. The van der Waals surface area contributed by atoms with Crippen molar-refractivity contribution in [3.8, 4) is 0 Å². The number of carbonyl (C=O) groups is 1. The first-order valence-corrected chi connectivity index (χ1v) is 4.21. The Bertz CT molecular complexity index is 526. The van der Waals surface area contributed by atoms with Gasteiger partial charge in [-0.1, -0.05) is 29.4 Å². The number of rotatable bonds is 0. The molecule has 14 heavy (non-hydrogen) atoms. The highest BCUT2D eigenvalue weighted by Crippen LogP contribution is 2.28. The van der Waals surface area contributed by atoms with Crippen molar-refractivity contribution in [3.05, 3.63) is 41.0 Å². The molecule has 0 atom stereocenters. The van der Waals surface area contributed by atoms with E-state index < -0.39 is 0 Å². The van der Waals surface area contributed by atoms with Crippen LogP contribution in [0, 0.1) is 0 Å². The molecule has 0 saturated carbocycles. The van der Waals surface area contributed by atoms with Gasteiger partial charge < -0.3 is 0 Å². The molecule has 0 saturated heterocycles. The summed E-state index contributed by atoms with van der Waals surface area (Å²) in [5, 5.41) is 10.7. The van der Waals surface area contributed by atoms with Crippen LogP contribution in [-0.4, -0.2) is 11.6 Å². The quantitative estimate of drug-likeness (QED) is 0.604. The molecule has 1 aliphatic carbocycles. The molecule has 0 N–H and O–H groups in total. The van der Waals surface area contributed by atoms with Crippen LogP contribution in [0.3, 0.4) is 0 Å². The molecule has 2 aliphatic rings. The van der Waals surface area contributed by atoms with Crippen molar-refractivity contribution in [2.24, 2.45) is 15.4 Å². The average molecular weight is 183 g/mol. The lowest BCUT2D eigenvalue weighted by Gasteiger charge is -2.02. The lowest BCUT2D eigenvalue weighted by atomic mass is 10.1. The predicted octanol–water partition coefficient (Wildman–Crippen LogP) is 1.78. The monoisotopic (exact) mass is 183 g/mol. The molecule has 1 aromatic carbocycles. The zero-order valence-corrected chi connectivity index (χ0v) is 7.14. The first kappa shape index (κ1) is 7.32. The van der Waals surface area contributed by atoms with Gasteiger partial charge in [0.25, 0.3) is 5.91 Å². The number of hydrogen-bond donors (Lipinski definition) is 0. The van der Waals surface area contributed by atoms with Gasteiger partial charge in [0.1, 0.15) is 5.71 Å². The van der Waals surface area contributed by atoms with Crippen LogP contribution in [-0.2, 0) is 4.79 Å². The van der Waals surface area contributed by atoms with Crippen molar-refractivity contribution in [3.63, 3.8) is 0 Å². The maximum absolute atomic E-state index is 11.3. The molecule has 0 radical (unpaired) electrons. The molecule has 66 valence electrons. The number of hydrogen-bond acceptors (Lipinski definition) is 3. The zero-order valence-electron chi connectivity index (χ0n) is 7.14. The van der Waals surface area contributed by atoms with Crippen molar-refractivity contribution < 1.29 is 4.79 Å². The number of nitrogens with zero attached hydrogens (tertiary/aromatic N) is 3. The van der Waals surface area contributed by atoms with E-state index in [4.69, 9.17) is 0 Å². The minimum absolute atomic E-state index is 0.314. The van der Waals surface area contributed by atoms with Gasteiger partial charge in [0.15, 0.2) is 0 Å². The van der Waals surface area contributed by atoms with E-state index in [1.807, 2.05) is 24.3 Å². The first-order valence-electron chi connectivity index (χ1n) is 4.21. The van der Waals surface area contributed by atoms with Gasteiger partial charge in [-0.05, 0) is 16.9 Å². The molecule has 0 fully saturated rings. The second-order valence-electron chi connectivity index (χ2n) is 3.09. The third-order valence-electron chi connectivity index (χ3n) is 2.28. The zero-order chi connectivity index (χ0) is 9.54. The van der Waals surface area contributed by atoms with E-state index in [-0.39, 0.29) is 5.91 Å². The van der Waals surface area contributed by atoms with Gasteiger partial charge in [-0.25, -0.2) is 0 Å². The fourth-order valence-electron chi connectivity index (χ4n) is 1.64. The summed E-state index contributed by atoms with van der Waals surface area (Å²) >= 11 is 0. The third kappa shape index (κ3) is 0.821. The van der Waals surface area contributed by atoms with E-state index in [0.29, 0.717) is 11.3 Å². The summed E-state index contributed by atoms with van der Waals surface area (Å²) in [6.07, 6.45) is 1.80. The van der Waals surface area contributed by atoms with Crippen molar-refractivity contribution in [2.75, 3.05) is 0 Å². The number of fused-ring (bicyclic) bond motifs is 3. The van der Waals surface area contributed by atoms with E-state index in [9.17, 15) is 4.79 Å². The van der Waals surface area contributed by atoms with Crippen LogP contribution in [0.1, 0.15) is 11.1 Å². The van der Waals surface area contributed by atoms with E-state index in [0.717, 1.165) is 11.1 Å². The second kappa shape index (κ2) is 2.45. The highest BCUT2D eigenvalue weighted by molar-refractivity contribution is 6.35. The molecule has 1 aromatic rings. The fourth-order valence-corrected chi connectivity index (χ4v) is 1.64. The highest BCUT2D eigenvalue weighted by atomic mass is 16.2. The van der Waals surface area contributed by atoms with Crippen LogP contribution in [0.15, 0.2) is 45.3 Å². The largest absolute Gasteiger partial charge is 0.299 e. The van der Waals surface area contributed by atoms with Crippen LogP contribution >= 0.6 is 0 Å². The highest BCUT2D eigenvalue weighted by Gasteiger charge is 2.27. The van der Waals surface area contributed by atoms with Gasteiger partial charge in [-0.2, -0.15) is 0 Å². The van der Waals surface area contributed by atoms with Gasteiger partial charge in [-0.3, -0.25) is 4.79 Å². The Hall–Kier alpha value is -2.10. The van der Waals surface area contributed by atoms with Crippen molar-refractivity contribution in [2.45, 2.75) is 0 Å². The SMILES string of the molecule is O=C1N=NN=C2C1=Cc1ccccc12. The molecule has 4 nitrogen and oxygen atoms in total. The van der Waals surface area contributed by atoms with Crippen molar-refractivity contribution in [1.82, 2.24) is 0 Å². The first-order chi connectivity index (χ1) is 6.86. The maximum Gasteiger partial charge on any atom is 0.299 e. The Balaban J connectivity index is 2.29. The lowest BCUT2D eigenvalue weighted by Crippen LogP contribution is -2.10. The lowest BCUT2D eigenvalue weighted by molar-refractivity contribution is -0.114. The summed E-state index contributed by atoms with van der Waals surface area (Å²) in [4.78, 5) is 11.3. The van der Waals surface area contributed by atoms with E-state index in [2.05, 4.69) is 15.4 Å². The Labute approximate surface area is 79.7 Å². The molecular weight excluding hydrogens is 178 g/mol. The minimum atomic E-state index is -0.314. The van der Waals surface area contributed by atoms with Gasteiger partial charge in [-0.15, -0.1) is 5.10 Å². The molecule has 1 heterocycles. The third-order valence-corrected chi connectivity index (χ3v) is 2.28. The Kier molecular flexibility index (Phi) is 1.28. The van der Waals surface area contributed by atoms with E-state index in [1.165, 1.54) is 0 Å². The molecule has 1 aliphatic heterocycles. The van der Waals surface area contributed by atoms with Crippen LogP contribution in [0.2, 0.25) is 0 Å². The average Bonchev–Trinajstić information content (AvgIpc) is 2.59. The van der Waals surface area contributed by atoms with Crippen LogP contribution in [0.4, 0.5) is 0 Å². The molecular formula is C10H5N3O. The van der Waals surface area contributed by atoms with Crippen LogP contribution < -0.4 is 0 Å². The molecule has 0 bridgehead atoms. The summed E-state index contributed by atoms with van der Waals surface area (Å²) in [5.74, 6) is -0.314. The van der Waals surface area contributed by atoms with Crippen molar-refractivity contribution >= 4 is 17.7 Å².